The number of halogens is 3. The summed E-state index contributed by atoms with van der Waals surface area (Å²) in [6.07, 6.45) is -3.96. The van der Waals surface area contributed by atoms with E-state index in [1.165, 1.54) is 0 Å². The van der Waals surface area contributed by atoms with E-state index in [1.807, 2.05) is 0 Å². The molecule has 0 amide bonds. The third-order valence-corrected chi connectivity index (χ3v) is 2.52. The highest BCUT2D eigenvalue weighted by Crippen LogP contribution is 2.14. The first-order valence-electron chi connectivity index (χ1n) is 5.59. The second-order valence-corrected chi connectivity index (χ2v) is 3.99. The standard InChI is InChI=1S/C10H16F3NO4/c11-10(12,13)7-18-4-1-2-14-3-5-17-6-8(14)9(15)16/h8H,1-7H2,(H,15,16). The van der Waals surface area contributed by atoms with Crippen LogP contribution in [0.2, 0.25) is 0 Å². The second-order valence-electron chi connectivity index (χ2n) is 3.99. The van der Waals surface area contributed by atoms with Crippen molar-refractivity contribution in [2.24, 2.45) is 0 Å². The molecule has 18 heavy (non-hydrogen) atoms. The highest BCUT2D eigenvalue weighted by Gasteiger charge is 2.29. The molecule has 1 rings (SSSR count). The first kappa shape index (κ1) is 15.2. The van der Waals surface area contributed by atoms with Crippen molar-refractivity contribution in [1.29, 1.82) is 0 Å². The predicted molar refractivity (Wildman–Crippen MR) is 55.3 cm³/mol. The van der Waals surface area contributed by atoms with Crippen molar-refractivity contribution in [3.63, 3.8) is 0 Å². The molecule has 8 heteroatoms. The van der Waals surface area contributed by atoms with Crippen LogP contribution in [-0.4, -0.2) is 67.7 Å². The van der Waals surface area contributed by atoms with Gasteiger partial charge in [-0.15, -0.1) is 0 Å². The van der Waals surface area contributed by atoms with Gasteiger partial charge in [0.05, 0.1) is 13.2 Å². The van der Waals surface area contributed by atoms with Crippen molar-refractivity contribution in [3.05, 3.63) is 0 Å². The Balaban J connectivity index is 2.19. The van der Waals surface area contributed by atoms with Gasteiger partial charge in [-0.2, -0.15) is 13.2 Å². The summed E-state index contributed by atoms with van der Waals surface area (Å²) in [5, 5.41) is 8.92. The quantitative estimate of drug-likeness (QED) is 0.722. The first-order chi connectivity index (χ1) is 8.40. The molecule has 1 saturated heterocycles. The van der Waals surface area contributed by atoms with Crippen molar-refractivity contribution in [2.45, 2.75) is 18.6 Å². The van der Waals surface area contributed by atoms with E-state index in [1.54, 1.807) is 4.90 Å². The lowest BCUT2D eigenvalue weighted by molar-refractivity contribution is -0.174. The fourth-order valence-electron chi connectivity index (χ4n) is 1.69. The van der Waals surface area contributed by atoms with E-state index in [-0.39, 0.29) is 13.2 Å². The van der Waals surface area contributed by atoms with Crippen molar-refractivity contribution in [3.8, 4) is 0 Å². The molecule has 1 N–H and O–H groups in total. The van der Waals surface area contributed by atoms with E-state index in [0.29, 0.717) is 26.1 Å². The van der Waals surface area contributed by atoms with E-state index >= 15 is 0 Å². The molecule has 0 radical (unpaired) electrons. The summed E-state index contributed by atoms with van der Waals surface area (Å²) in [7, 11) is 0. The van der Waals surface area contributed by atoms with Gasteiger partial charge >= 0.3 is 12.1 Å². The number of aliphatic carboxylic acids is 1. The lowest BCUT2D eigenvalue weighted by Crippen LogP contribution is -2.50. The first-order valence-corrected chi connectivity index (χ1v) is 5.59. The number of morpholine rings is 1. The van der Waals surface area contributed by atoms with Crippen LogP contribution in [0.15, 0.2) is 0 Å². The predicted octanol–water partition coefficient (Wildman–Crippen LogP) is 0.741. The zero-order valence-electron chi connectivity index (χ0n) is 9.78. The monoisotopic (exact) mass is 271 g/mol. The summed E-state index contributed by atoms with van der Waals surface area (Å²) in [6, 6.07) is -0.721. The topological polar surface area (TPSA) is 59.0 Å². The van der Waals surface area contributed by atoms with Crippen molar-refractivity contribution >= 4 is 5.97 Å². The number of hydrogen-bond donors (Lipinski definition) is 1. The van der Waals surface area contributed by atoms with Gasteiger partial charge in [-0.1, -0.05) is 0 Å². The molecule has 1 aliphatic heterocycles. The minimum Gasteiger partial charge on any atom is -0.480 e. The third-order valence-electron chi connectivity index (χ3n) is 2.52. The largest absolute Gasteiger partial charge is 0.480 e. The van der Waals surface area contributed by atoms with Crippen LogP contribution in [0.3, 0.4) is 0 Å². The van der Waals surface area contributed by atoms with Gasteiger partial charge in [0.15, 0.2) is 0 Å². The number of rotatable bonds is 6. The van der Waals surface area contributed by atoms with Crippen LogP contribution >= 0.6 is 0 Å². The fraction of sp³-hybridized carbons (Fsp3) is 0.900. The van der Waals surface area contributed by atoms with E-state index in [4.69, 9.17) is 9.84 Å². The van der Waals surface area contributed by atoms with Crippen molar-refractivity contribution in [2.75, 3.05) is 39.5 Å². The third kappa shape index (κ3) is 5.65. The minimum absolute atomic E-state index is 0.0385. The molecule has 0 saturated carbocycles. The van der Waals surface area contributed by atoms with Crippen LogP contribution in [0, 0.1) is 0 Å². The zero-order chi connectivity index (χ0) is 13.6. The zero-order valence-corrected chi connectivity index (χ0v) is 9.78. The normalized spacial score (nSPS) is 22.1. The number of ether oxygens (including phenoxy) is 2. The van der Waals surface area contributed by atoms with Gasteiger partial charge < -0.3 is 14.6 Å². The Kier molecular flexibility index (Phi) is 5.83. The van der Waals surface area contributed by atoms with Gasteiger partial charge in [0.25, 0.3) is 0 Å². The maximum atomic E-state index is 11.8. The van der Waals surface area contributed by atoms with E-state index in [0.717, 1.165) is 0 Å². The molecular formula is C10H16F3NO4. The molecular weight excluding hydrogens is 255 g/mol. The van der Waals surface area contributed by atoms with E-state index in [9.17, 15) is 18.0 Å². The molecule has 0 spiro atoms. The number of hydrogen-bond acceptors (Lipinski definition) is 4. The van der Waals surface area contributed by atoms with Gasteiger partial charge in [0, 0.05) is 19.7 Å². The number of carboxylic acids is 1. The smallest absolute Gasteiger partial charge is 0.411 e. The fourth-order valence-corrected chi connectivity index (χ4v) is 1.69. The minimum atomic E-state index is -4.32. The SMILES string of the molecule is O=C(O)C1COCCN1CCCOCC(F)(F)F. The van der Waals surface area contributed by atoms with Gasteiger partial charge in [-0.3, -0.25) is 9.69 Å². The lowest BCUT2D eigenvalue weighted by Gasteiger charge is -2.32. The summed E-state index contributed by atoms with van der Waals surface area (Å²) in [5.74, 6) is -0.981. The maximum Gasteiger partial charge on any atom is 0.411 e. The van der Waals surface area contributed by atoms with Crippen molar-refractivity contribution < 1.29 is 32.5 Å². The van der Waals surface area contributed by atoms with Gasteiger partial charge in [-0.25, -0.2) is 0 Å². The molecule has 1 atom stereocenters. The molecule has 0 aromatic rings. The summed E-state index contributed by atoms with van der Waals surface area (Å²) >= 11 is 0. The van der Waals surface area contributed by atoms with Gasteiger partial charge in [-0.05, 0) is 6.42 Å². The molecule has 5 nitrogen and oxygen atoms in total. The summed E-state index contributed by atoms with van der Waals surface area (Å²) in [5.41, 5.74) is 0. The Morgan fingerprint density at radius 3 is 2.83 bits per heavy atom. The molecule has 1 heterocycles. The Morgan fingerprint density at radius 1 is 1.50 bits per heavy atom. The highest BCUT2D eigenvalue weighted by molar-refractivity contribution is 5.73. The van der Waals surface area contributed by atoms with Crippen LogP contribution in [0.5, 0.6) is 0 Å². The van der Waals surface area contributed by atoms with Crippen LogP contribution in [0.1, 0.15) is 6.42 Å². The second kappa shape index (κ2) is 6.91. The van der Waals surface area contributed by atoms with Crippen molar-refractivity contribution in [1.82, 2.24) is 4.90 Å². The molecule has 1 unspecified atom stereocenters. The highest BCUT2D eigenvalue weighted by atomic mass is 19.4. The average Bonchev–Trinajstić information content (AvgIpc) is 2.27. The molecule has 1 fully saturated rings. The van der Waals surface area contributed by atoms with Crippen LogP contribution in [0.4, 0.5) is 13.2 Å². The average molecular weight is 271 g/mol. The Bertz CT molecular complexity index is 272. The van der Waals surface area contributed by atoms with Crippen LogP contribution < -0.4 is 0 Å². The molecule has 0 aromatic carbocycles. The molecule has 0 bridgehead atoms. The lowest BCUT2D eigenvalue weighted by atomic mass is 10.2. The Hall–Kier alpha value is -0.860. The molecule has 0 aromatic heterocycles. The van der Waals surface area contributed by atoms with Crippen LogP contribution in [-0.2, 0) is 14.3 Å². The van der Waals surface area contributed by atoms with E-state index < -0.39 is 24.8 Å². The number of carbonyl (C=O) groups is 1. The van der Waals surface area contributed by atoms with Gasteiger partial charge in [0.1, 0.15) is 12.6 Å². The number of alkyl halides is 3. The summed E-state index contributed by atoms with van der Waals surface area (Å²) in [6.45, 7) is 0.0992. The van der Waals surface area contributed by atoms with E-state index in [2.05, 4.69) is 4.74 Å². The molecule has 1 aliphatic rings. The maximum absolute atomic E-state index is 11.8. The number of carboxylic acid groups (broad SMARTS) is 1. The summed E-state index contributed by atoms with van der Waals surface area (Å²) < 4.78 is 44.8. The van der Waals surface area contributed by atoms with Crippen LogP contribution in [0.25, 0.3) is 0 Å². The molecule has 106 valence electrons. The molecule has 0 aliphatic carbocycles. The Labute approximate surface area is 102 Å². The summed E-state index contributed by atoms with van der Waals surface area (Å²) in [4.78, 5) is 12.6. The Morgan fingerprint density at radius 2 is 2.22 bits per heavy atom. The number of nitrogens with zero attached hydrogens (tertiary/aromatic N) is 1. The van der Waals surface area contributed by atoms with Gasteiger partial charge in [0.2, 0.25) is 0 Å².